The topological polar surface area (TPSA) is 80.1 Å². The summed E-state index contributed by atoms with van der Waals surface area (Å²) in [7, 11) is 0. The molecule has 3 heterocycles. The fourth-order valence-electron chi connectivity index (χ4n) is 3.28. The lowest BCUT2D eigenvalue weighted by Gasteiger charge is -2.34. The van der Waals surface area contributed by atoms with Crippen LogP contribution in [0.4, 0.5) is 5.95 Å². The number of hydrogen-bond donors (Lipinski definition) is 2. The molecule has 0 unspecified atom stereocenters. The van der Waals surface area contributed by atoms with Gasteiger partial charge in [0.25, 0.3) is 0 Å². The number of nitrogens with one attached hydrogen (secondary N) is 1. The Hall–Kier alpha value is -1.93. The third-order valence-corrected chi connectivity index (χ3v) is 4.68. The lowest BCUT2D eigenvalue weighted by molar-refractivity contribution is 0.187. The van der Waals surface area contributed by atoms with Gasteiger partial charge >= 0.3 is 0 Å². The highest BCUT2D eigenvalue weighted by atomic mass is 16.3. The van der Waals surface area contributed by atoms with Gasteiger partial charge in [0.2, 0.25) is 5.95 Å². The summed E-state index contributed by atoms with van der Waals surface area (Å²) in [5, 5.41) is 13.1. The van der Waals surface area contributed by atoms with Crippen LogP contribution in [-0.4, -0.2) is 95.8 Å². The molecule has 0 amide bonds. The third kappa shape index (κ3) is 5.02. The molecule has 0 spiro atoms. The average molecular weight is 347 g/mol. The molecule has 1 aromatic rings. The molecule has 0 saturated carbocycles. The maximum Gasteiger partial charge on any atom is 0.225 e. The van der Waals surface area contributed by atoms with Gasteiger partial charge < -0.3 is 20.2 Å². The van der Waals surface area contributed by atoms with Crippen LogP contribution in [0.25, 0.3) is 0 Å². The summed E-state index contributed by atoms with van der Waals surface area (Å²) >= 11 is 0. The number of hydrogen-bond acceptors (Lipinski definition) is 6. The maximum absolute atomic E-state index is 9.72. The number of aliphatic hydroxyl groups excluding tert-OH is 1. The number of aliphatic hydroxyl groups is 1. The second kappa shape index (κ2) is 8.96. The first-order chi connectivity index (χ1) is 12.3. The SMILES string of the molecule is CCNC(=NCCN1CCN(c2ncccn2)CC1)N1CC[C@@H](O)C1. The van der Waals surface area contributed by atoms with Crippen LogP contribution in [0.1, 0.15) is 13.3 Å². The molecule has 0 radical (unpaired) electrons. The van der Waals surface area contributed by atoms with Crippen molar-refractivity contribution in [2.75, 3.05) is 63.8 Å². The van der Waals surface area contributed by atoms with Crippen molar-refractivity contribution in [1.82, 2.24) is 25.1 Å². The Kier molecular flexibility index (Phi) is 6.41. The molecule has 2 fully saturated rings. The highest BCUT2D eigenvalue weighted by Gasteiger charge is 2.23. The zero-order valence-corrected chi connectivity index (χ0v) is 15.0. The van der Waals surface area contributed by atoms with Crippen molar-refractivity contribution in [2.45, 2.75) is 19.4 Å². The van der Waals surface area contributed by atoms with E-state index in [4.69, 9.17) is 4.99 Å². The highest BCUT2D eigenvalue weighted by Crippen LogP contribution is 2.10. The van der Waals surface area contributed by atoms with Gasteiger partial charge in [-0.3, -0.25) is 9.89 Å². The van der Waals surface area contributed by atoms with E-state index in [0.717, 1.165) is 70.7 Å². The fraction of sp³-hybridized carbons (Fsp3) is 0.706. The molecule has 2 N–H and O–H groups in total. The normalized spacial score (nSPS) is 22.5. The maximum atomic E-state index is 9.72. The van der Waals surface area contributed by atoms with Crippen molar-refractivity contribution >= 4 is 11.9 Å². The van der Waals surface area contributed by atoms with Crippen LogP contribution in [-0.2, 0) is 0 Å². The molecule has 0 aromatic carbocycles. The minimum atomic E-state index is -0.225. The number of aliphatic imine (C=N–C) groups is 1. The molecular weight excluding hydrogens is 318 g/mol. The molecule has 138 valence electrons. The molecule has 0 bridgehead atoms. The Morgan fingerprint density at radius 3 is 2.64 bits per heavy atom. The highest BCUT2D eigenvalue weighted by molar-refractivity contribution is 5.80. The molecule has 8 nitrogen and oxygen atoms in total. The zero-order chi connectivity index (χ0) is 17.5. The van der Waals surface area contributed by atoms with Crippen molar-refractivity contribution in [3.63, 3.8) is 0 Å². The Bertz CT molecular complexity index is 545. The summed E-state index contributed by atoms with van der Waals surface area (Å²) in [5.74, 6) is 1.75. The minimum absolute atomic E-state index is 0.225. The fourth-order valence-corrected chi connectivity index (χ4v) is 3.28. The van der Waals surface area contributed by atoms with Crippen LogP contribution < -0.4 is 10.2 Å². The van der Waals surface area contributed by atoms with Gasteiger partial charge in [0.05, 0.1) is 12.6 Å². The van der Waals surface area contributed by atoms with Gasteiger partial charge in [-0.15, -0.1) is 0 Å². The molecular formula is C17H29N7O. The Labute approximate surface area is 149 Å². The number of rotatable bonds is 5. The molecule has 8 heteroatoms. The Morgan fingerprint density at radius 2 is 2.00 bits per heavy atom. The Balaban J connectivity index is 1.44. The zero-order valence-electron chi connectivity index (χ0n) is 15.0. The number of aromatic nitrogens is 2. The summed E-state index contributed by atoms with van der Waals surface area (Å²) in [5.41, 5.74) is 0. The van der Waals surface area contributed by atoms with Crippen LogP contribution in [0.15, 0.2) is 23.5 Å². The monoisotopic (exact) mass is 347 g/mol. The van der Waals surface area contributed by atoms with E-state index < -0.39 is 0 Å². The smallest absolute Gasteiger partial charge is 0.225 e. The summed E-state index contributed by atoms with van der Waals surface area (Å²) in [6, 6.07) is 1.85. The van der Waals surface area contributed by atoms with Crippen molar-refractivity contribution in [3.8, 4) is 0 Å². The quantitative estimate of drug-likeness (QED) is 0.556. The molecule has 25 heavy (non-hydrogen) atoms. The number of piperazine rings is 1. The van der Waals surface area contributed by atoms with E-state index in [0.29, 0.717) is 6.54 Å². The number of likely N-dealkylation sites (tertiary alicyclic amines) is 1. The molecule has 2 aliphatic heterocycles. The van der Waals surface area contributed by atoms with Gasteiger partial charge in [-0.2, -0.15) is 0 Å². The van der Waals surface area contributed by atoms with Gasteiger partial charge in [-0.05, 0) is 19.4 Å². The van der Waals surface area contributed by atoms with E-state index in [-0.39, 0.29) is 6.10 Å². The first-order valence-electron chi connectivity index (χ1n) is 9.22. The van der Waals surface area contributed by atoms with Crippen molar-refractivity contribution in [3.05, 3.63) is 18.5 Å². The summed E-state index contributed by atoms with van der Waals surface area (Å²) < 4.78 is 0. The van der Waals surface area contributed by atoms with E-state index >= 15 is 0 Å². The molecule has 2 saturated heterocycles. The van der Waals surface area contributed by atoms with E-state index in [9.17, 15) is 5.11 Å². The minimum Gasteiger partial charge on any atom is -0.391 e. The van der Waals surface area contributed by atoms with Crippen LogP contribution >= 0.6 is 0 Å². The van der Waals surface area contributed by atoms with E-state index in [1.165, 1.54) is 0 Å². The number of β-amino-alcohol motifs (C(OH)–C–C–N with tert-alkyl or cyclic N) is 1. The first kappa shape index (κ1) is 17.9. The van der Waals surface area contributed by atoms with Gasteiger partial charge in [-0.1, -0.05) is 0 Å². The summed E-state index contributed by atoms with van der Waals surface area (Å²) in [4.78, 5) is 20.2. The standard InChI is InChI=1S/C17H29N7O/c1-2-18-16(24-8-4-15(25)14-24)21-7-9-22-10-12-23(13-11-22)17-19-5-3-6-20-17/h3,5-6,15,25H,2,4,7-14H2,1H3,(H,18,21)/t15-/m1/s1. The molecule has 2 aliphatic rings. The van der Waals surface area contributed by atoms with Crippen molar-refractivity contribution < 1.29 is 5.11 Å². The van der Waals surface area contributed by atoms with Gasteiger partial charge in [0.15, 0.2) is 5.96 Å². The lowest BCUT2D eigenvalue weighted by Crippen LogP contribution is -2.48. The van der Waals surface area contributed by atoms with Crippen molar-refractivity contribution in [1.29, 1.82) is 0 Å². The number of nitrogens with zero attached hydrogens (tertiary/aromatic N) is 6. The van der Waals surface area contributed by atoms with Gasteiger partial charge in [0.1, 0.15) is 0 Å². The van der Waals surface area contributed by atoms with E-state index in [1.54, 1.807) is 12.4 Å². The van der Waals surface area contributed by atoms with Crippen LogP contribution in [0.5, 0.6) is 0 Å². The van der Waals surface area contributed by atoms with Crippen LogP contribution in [0.2, 0.25) is 0 Å². The average Bonchev–Trinajstić information content (AvgIpc) is 3.09. The van der Waals surface area contributed by atoms with Crippen molar-refractivity contribution in [2.24, 2.45) is 4.99 Å². The molecule has 1 atom stereocenters. The largest absolute Gasteiger partial charge is 0.391 e. The summed E-state index contributed by atoms with van der Waals surface area (Å²) in [6.07, 6.45) is 4.19. The summed E-state index contributed by atoms with van der Waals surface area (Å²) in [6.45, 7) is 10.1. The molecule has 3 rings (SSSR count). The third-order valence-electron chi connectivity index (χ3n) is 4.68. The van der Waals surface area contributed by atoms with E-state index in [1.807, 2.05) is 6.07 Å². The predicted molar refractivity (Wildman–Crippen MR) is 98.9 cm³/mol. The second-order valence-electron chi connectivity index (χ2n) is 6.50. The van der Waals surface area contributed by atoms with Gasteiger partial charge in [0, 0.05) is 64.8 Å². The number of anilines is 1. The first-order valence-corrected chi connectivity index (χ1v) is 9.22. The van der Waals surface area contributed by atoms with Crippen LogP contribution in [0, 0.1) is 0 Å². The molecule has 0 aliphatic carbocycles. The Morgan fingerprint density at radius 1 is 1.24 bits per heavy atom. The molecule has 1 aromatic heterocycles. The van der Waals surface area contributed by atoms with Gasteiger partial charge in [-0.25, -0.2) is 9.97 Å². The number of guanidine groups is 1. The van der Waals surface area contributed by atoms with Crippen LogP contribution in [0.3, 0.4) is 0 Å². The second-order valence-corrected chi connectivity index (χ2v) is 6.50. The van der Waals surface area contributed by atoms with E-state index in [2.05, 4.69) is 36.9 Å². The predicted octanol–water partition coefficient (Wildman–Crippen LogP) is -0.369. The lowest BCUT2D eigenvalue weighted by atomic mass is 10.3.